The summed E-state index contributed by atoms with van der Waals surface area (Å²) in [6, 6.07) is 15.3. The fourth-order valence-electron chi connectivity index (χ4n) is 3.02. The zero-order valence-electron chi connectivity index (χ0n) is 15.3. The number of benzene rings is 2. The molecule has 142 valence electrons. The maximum atomic E-state index is 11.0. The van der Waals surface area contributed by atoms with Gasteiger partial charge in [-0.3, -0.25) is 9.48 Å². The van der Waals surface area contributed by atoms with Crippen LogP contribution in [-0.4, -0.2) is 32.4 Å². The van der Waals surface area contributed by atoms with Crippen LogP contribution in [0.25, 0.3) is 22.4 Å². The van der Waals surface area contributed by atoms with Gasteiger partial charge in [0.15, 0.2) is 0 Å². The minimum absolute atomic E-state index is 0.187. The molecule has 0 saturated carbocycles. The molecule has 0 bridgehead atoms. The van der Waals surface area contributed by atoms with Gasteiger partial charge in [0.1, 0.15) is 18.1 Å². The number of aryl methyl sites for hydroxylation is 1. The molecule has 0 fully saturated rings. The number of carbonyl (C=O) groups is 1. The predicted molar refractivity (Wildman–Crippen MR) is 103 cm³/mol. The Balaban J connectivity index is 1.44. The second kappa shape index (κ2) is 7.56. The van der Waals surface area contributed by atoms with E-state index in [0.29, 0.717) is 24.7 Å². The molecule has 0 aliphatic rings. The van der Waals surface area contributed by atoms with Crippen LogP contribution in [0.3, 0.4) is 0 Å². The maximum Gasteiger partial charge on any atom is 0.325 e. The van der Waals surface area contributed by atoms with Crippen LogP contribution in [0, 0.1) is 6.92 Å². The molecule has 4 rings (SSSR count). The van der Waals surface area contributed by atoms with Gasteiger partial charge in [-0.15, -0.1) is 0 Å². The van der Waals surface area contributed by atoms with Gasteiger partial charge in [-0.05, 0) is 31.2 Å². The van der Waals surface area contributed by atoms with Crippen molar-refractivity contribution in [3.63, 3.8) is 0 Å². The summed E-state index contributed by atoms with van der Waals surface area (Å²) < 4.78 is 13.1. The summed E-state index contributed by atoms with van der Waals surface area (Å²) >= 11 is 0. The summed E-state index contributed by atoms with van der Waals surface area (Å²) in [7, 11) is 0. The Hall–Kier alpha value is -3.61. The van der Waals surface area contributed by atoms with Crippen molar-refractivity contribution < 1.29 is 19.1 Å². The number of nitrogens with zero attached hydrogens (tertiary/aromatic N) is 3. The Labute approximate surface area is 161 Å². The minimum Gasteiger partial charge on any atom is -0.493 e. The van der Waals surface area contributed by atoms with Crippen LogP contribution in [-0.2, 0) is 17.8 Å². The van der Waals surface area contributed by atoms with Gasteiger partial charge in [-0.2, -0.15) is 5.10 Å². The number of oxazole rings is 1. The lowest BCUT2D eigenvalue weighted by Gasteiger charge is -2.06. The Morgan fingerprint density at radius 3 is 2.82 bits per heavy atom. The highest BCUT2D eigenvalue weighted by atomic mass is 16.5. The second-order valence-corrected chi connectivity index (χ2v) is 6.40. The van der Waals surface area contributed by atoms with Crippen LogP contribution >= 0.6 is 0 Å². The lowest BCUT2D eigenvalue weighted by Crippen LogP contribution is -2.09. The molecule has 28 heavy (non-hydrogen) atoms. The number of carboxylic acid groups (broad SMARTS) is 1. The van der Waals surface area contributed by atoms with Gasteiger partial charge in [-0.1, -0.05) is 18.2 Å². The highest BCUT2D eigenvalue weighted by Crippen LogP contribution is 2.23. The van der Waals surface area contributed by atoms with E-state index in [1.165, 1.54) is 4.68 Å². The van der Waals surface area contributed by atoms with Crippen molar-refractivity contribution in [2.24, 2.45) is 0 Å². The largest absolute Gasteiger partial charge is 0.493 e. The fraction of sp³-hybridized carbons (Fsp3) is 0.190. The predicted octanol–water partition coefficient (Wildman–Crippen LogP) is 3.71. The molecule has 0 unspecified atom stereocenters. The van der Waals surface area contributed by atoms with Crippen molar-refractivity contribution in [3.05, 3.63) is 66.2 Å². The third kappa shape index (κ3) is 3.73. The van der Waals surface area contributed by atoms with E-state index in [4.69, 9.17) is 14.3 Å². The first kappa shape index (κ1) is 17.8. The third-order valence-corrected chi connectivity index (χ3v) is 4.42. The summed E-state index contributed by atoms with van der Waals surface area (Å²) in [5.74, 6) is 1.10. The standard InChI is InChI=1S/C21H19N3O4/c1-14-18(23-21(28-14)15-5-3-2-4-6-15)9-10-27-17-8-7-16-12-22-24(13-20(25)26)19(16)11-17/h2-8,11-12H,9-10,13H2,1H3,(H,25,26). The van der Waals surface area contributed by atoms with E-state index in [1.807, 2.05) is 49.4 Å². The maximum absolute atomic E-state index is 11.0. The van der Waals surface area contributed by atoms with Crippen molar-refractivity contribution in [2.45, 2.75) is 19.9 Å². The van der Waals surface area contributed by atoms with Crippen molar-refractivity contribution in [3.8, 4) is 17.2 Å². The summed E-state index contributed by atoms with van der Waals surface area (Å²) in [4.78, 5) is 15.5. The van der Waals surface area contributed by atoms with Gasteiger partial charge in [0, 0.05) is 23.4 Å². The molecule has 0 spiro atoms. The summed E-state index contributed by atoms with van der Waals surface area (Å²) in [6.45, 7) is 2.14. The monoisotopic (exact) mass is 377 g/mol. The average molecular weight is 377 g/mol. The molecule has 0 aliphatic heterocycles. The van der Waals surface area contributed by atoms with Gasteiger partial charge in [0.25, 0.3) is 0 Å². The van der Waals surface area contributed by atoms with Gasteiger partial charge in [0.2, 0.25) is 5.89 Å². The Morgan fingerprint density at radius 1 is 1.21 bits per heavy atom. The number of carboxylic acids is 1. The van der Waals surface area contributed by atoms with E-state index in [9.17, 15) is 4.79 Å². The van der Waals surface area contributed by atoms with Crippen molar-refractivity contribution in [1.82, 2.24) is 14.8 Å². The smallest absolute Gasteiger partial charge is 0.325 e. The van der Waals surface area contributed by atoms with E-state index in [-0.39, 0.29) is 6.54 Å². The van der Waals surface area contributed by atoms with Crippen LogP contribution < -0.4 is 4.74 Å². The molecule has 0 radical (unpaired) electrons. The van der Waals surface area contributed by atoms with Crippen LogP contribution in [0.1, 0.15) is 11.5 Å². The van der Waals surface area contributed by atoms with E-state index in [1.54, 1.807) is 12.3 Å². The molecule has 0 atom stereocenters. The zero-order chi connectivity index (χ0) is 19.5. The first-order valence-corrected chi connectivity index (χ1v) is 8.92. The summed E-state index contributed by atoms with van der Waals surface area (Å²) in [5.41, 5.74) is 2.52. The van der Waals surface area contributed by atoms with Crippen LogP contribution in [0.15, 0.2) is 59.1 Å². The molecule has 2 heterocycles. The fourth-order valence-corrected chi connectivity index (χ4v) is 3.02. The van der Waals surface area contributed by atoms with Crippen molar-refractivity contribution in [1.29, 1.82) is 0 Å². The van der Waals surface area contributed by atoms with Crippen molar-refractivity contribution in [2.75, 3.05) is 6.61 Å². The number of ether oxygens (including phenoxy) is 1. The molecular formula is C21H19N3O4. The molecule has 1 N–H and O–H groups in total. The molecule has 7 nitrogen and oxygen atoms in total. The minimum atomic E-state index is -0.938. The van der Waals surface area contributed by atoms with Crippen LogP contribution in [0.2, 0.25) is 0 Å². The molecule has 0 aliphatic carbocycles. The first-order chi connectivity index (χ1) is 13.6. The molecule has 0 saturated heterocycles. The Bertz CT molecular complexity index is 1120. The van der Waals surface area contributed by atoms with Crippen LogP contribution in [0.5, 0.6) is 5.75 Å². The molecule has 0 amide bonds. The molecule has 4 aromatic rings. The SMILES string of the molecule is Cc1oc(-c2ccccc2)nc1CCOc1ccc2cnn(CC(=O)O)c2c1. The van der Waals surface area contributed by atoms with E-state index in [2.05, 4.69) is 10.1 Å². The molecular weight excluding hydrogens is 358 g/mol. The van der Waals surface area contributed by atoms with E-state index in [0.717, 1.165) is 27.9 Å². The number of hydrogen-bond donors (Lipinski definition) is 1. The second-order valence-electron chi connectivity index (χ2n) is 6.40. The van der Waals surface area contributed by atoms with Gasteiger partial charge in [0.05, 0.1) is 24.0 Å². The quantitative estimate of drug-likeness (QED) is 0.528. The van der Waals surface area contributed by atoms with Gasteiger partial charge >= 0.3 is 5.97 Å². The van der Waals surface area contributed by atoms with Gasteiger partial charge in [-0.25, -0.2) is 4.98 Å². The topological polar surface area (TPSA) is 90.4 Å². The highest BCUT2D eigenvalue weighted by Gasteiger charge is 2.12. The van der Waals surface area contributed by atoms with E-state index < -0.39 is 5.97 Å². The third-order valence-electron chi connectivity index (χ3n) is 4.42. The Kier molecular flexibility index (Phi) is 4.80. The van der Waals surface area contributed by atoms with Crippen molar-refractivity contribution >= 4 is 16.9 Å². The normalized spacial score (nSPS) is 11.0. The molecule has 7 heteroatoms. The lowest BCUT2D eigenvalue weighted by atomic mass is 10.2. The number of rotatable bonds is 7. The number of aliphatic carboxylic acids is 1. The molecule has 2 aromatic heterocycles. The molecule has 2 aromatic carbocycles. The number of aromatic nitrogens is 3. The first-order valence-electron chi connectivity index (χ1n) is 8.92. The zero-order valence-corrected chi connectivity index (χ0v) is 15.3. The average Bonchev–Trinajstić information content (AvgIpc) is 3.26. The Morgan fingerprint density at radius 2 is 2.04 bits per heavy atom. The van der Waals surface area contributed by atoms with Crippen LogP contribution in [0.4, 0.5) is 0 Å². The lowest BCUT2D eigenvalue weighted by molar-refractivity contribution is -0.137. The van der Waals surface area contributed by atoms with Gasteiger partial charge < -0.3 is 14.3 Å². The highest BCUT2D eigenvalue weighted by molar-refractivity contribution is 5.81. The van der Waals surface area contributed by atoms with E-state index >= 15 is 0 Å². The summed E-state index contributed by atoms with van der Waals surface area (Å²) in [5, 5.41) is 14.0. The number of hydrogen-bond acceptors (Lipinski definition) is 5. The number of fused-ring (bicyclic) bond motifs is 1. The summed E-state index contributed by atoms with van der Waals surface area (Å²) in [6.07, 6.45) is 2.25.